The van der Waals surface area contributed by atoms with Crippen molar-refractivity contribution < 1.29 is 38.1 Å². The van der Waals surface area contributed by atoms with Crippen molar-refractivity contribution in [3.8, 4) is 0 Å². The largest absolute Gasteiger partial charge is 0.458 e. The fraction of sp³-hybridized carbons (Fsp3) is 0.185. The fourth-order valence-electron chi connectivity index (χ4n) is 3.60. The summed E-state index contributed by atoms with van der Waals surface area (Å²) < 4.78 is 21.8. The Morgan fingerprint density at radius 1 is 0.743 bits per heavy atom. The topological polar surface area (TPSA) is 105 Å². The Kier molecular flexibility index (Phi) is 6.91. The van der Waals surface area contributed by atoms with Crippen molar-refractivity contribution >= 4 is 23.9 Å². The van der Waals surface area contributed by atoms with Gasteiger partial charge in [-0.2, -0.15) is 0 Å². The molecule has 0 unspecified atom stereocenters. The minimum Gasteiger partial charge on any atom is -0.458 e. The molecule has 0 saturated carbocycles. The van der Waals surface area contributed by atoms with E-state index in [0.29, 0.717) is 5.56 Å². The van der Waals surface area contributed by atoms with Crippen LogP contribution < -0.4 is 0 Å². The molecule has 0 bridgehead atoms. The van der Waals surface area contributed by atoms with E-state index >= 15 is 0 Å². The normalized spacial score (nSPS) is 21.0. The highest BCUT2D eigenvalue weighted by Crippen LogP contribution is 2.34. The number of benzene rings is 3. The molecule has 8 heteroatoms. The average Bonchev–Trinajstić information content (AvgIpc) is 3.12. The smallest absolute Gasteiger partial charge is 0.355 e. The van der Waals surface area contributed by atoms with Crippen LogP contribution in [0.4, 0.5) is 0 Å². The van der Waals surface area contributed by atoms with Gasteiger partial charge < -0.3 is 18.9 Å². The molecule has 1 saturated heterocycles. The van der Waals surface area contributed by atoms with E-state index in [0.717, 1.165) is 0 Å². The maximum atomic E-state index is 12.9. The van der Waals surface area contributed by atoms with Gasteiger partial charge >= 0.3 is 23.9 Å². The molecule has 0 radical (unpaired) electrons. The Balaban J connectivity index is 1.57. The summed E-state index contributed by atoms with van der Waals surface area (Å²) in [4.78, 5) is 50.9. The first kappa shape index (κ1) is 23.7. The number of cyclic esters (lactones) is 1. The maximum Gasteiger partial charge on any atom is 0.355 e. The van der Waals surface area contributed by atoms with Gasteiger partial charge in [0, 0.05) is 0 Å². The SMILES string of the molecule is C[C@@]1(OC(=O)c2ccccc2)C(=O)O[C@H](COC(=O)c2ccccc2)[C@@H]1OC(=O)c1ccccc1. The second-order valence-corrected chi connectivity index (χ2v) is 7.96. The predicted molar refractivity (Wildman–Crippen MR) is 123 cm³/mol. The van der Waals surface area contributed by atoms with E-state index < -0.39 is 48.3 Å². The van der Waals surface area contributed by atoms with Gasteiger partial charge in [-0.3, -0.25) is 0 Å². The van der Waals surface area contributed by atoms with Crippen molar-refractivity contribution in [2.45, 2.75) is 24.7 Å². The summed E-state index contributed by atoms with van der Waals surface area (Å²) in [5, 5.41) is 0. The molecule has 178 valence electrons. The molecule has 3 atom stereocenters. The summed E-state index contributed by atoms with van der Waals surface area (Å²) in [6.45, 7) is 0.892. The first-order valence-electron chi connectivity index (χ1n) is 10.9. The molecule has 1 aliphatic heterocycles. The van der Waals surface area contributed by atoms with Crippen LogP contribution in [0.2, 0.25) is 0 Å². The van der Waals surface area contributed by atoms with Crippen LogP contribution in [0.3, 0.4) is 0 Å². The molecule has 0 N–H and O–H groups in total. The van der Waals surface area contributed by atoms with Gasteiger partial charge in [0.1, 0.15) is 6.61 Å². The standard InChI is InChI=1S/C27H22O8/c1-27(35-25(30)20-15-9-4-10-16-20)22(34-24(29)19-13-7-3-8-14-19)21(33-26(27)31)17-32-23(28)18-11-5-2-6-12-18/h2-16,21-22H,17H2,1H3/t21-,22+,27+/m1/s1. The van der Waals surface area contributed by atoms with Crippen LogP contribution in [-0.2, 0) is 23.7 Å². The van der Waals surface area contributed by atoms with Crippen molar-refractivity contribution in [1.29, 1.82) is 0 Å². The van der Waals surface area contributed by atoms with Gasteiger partial charge in [0.05, 0.1) is 16.7 Å². The molecule has 1 fully saturated rings. The van der Waals surface area contributed by atoms with Crippen LogP contribution in [0.25, 0.3) is 0 Å². The monoisotopic (exact) mass is 474 g/mol. The zero-order chi connectivity index (χ0) is 24.8. The minimum absolute atomic E-state index is 0.202. The molecule has 0 amide bonds. The van der Waals surface area contributed by atoms with Crippen LogP contribution in [-0.4, -0.2) is 48.3 Å². The van der Waals surface area contributed by atoms with Crippen molar-refractivity contribution in [2.75, 3.05) is 6.61 Å². The molecule has 8 nitrogen and oxygen atoms in total. The lowest BCUT2D eigenvalue weighted by Crippen LogP contribution is -2.50. The number of hydrogen-bond acceptors (Lipinski definition) is 8. The van der Waals surface area contributed by atoms with E-state index in [9.17, 15) is 19.2 Å². The van der Waals surface area contributed by atoms with Gasteiger partial charge in [-0.05, 0) is 43.3 Å². The molecule has 3 aromatic rings. The number of carbonyl (C=O) groups is 4. The van der Waals surface area contributed by atoms with Crippen LogP contribution >= 0.6 is 0 Å². The molecule has 35 heavy (non-hydrogen) atoms. The van der Waals surface area contributed by atoms with Crippen LogP contribution in [0.1, 0.15) is 38.0 Å². The lowest BCUT2D eigenvalue weighted by atomic mass is 9.97. The lowest BCUT2D eigenvalue weighted by Gasteiger charge is -2.28. The Labute approximate surface area is 201 Å². The van der Waals surface area contributed by atoms with Crippen LogP contribution in [0.5, 0.6) is 0 Å². The Bertz CT molecular complexity index is 1210. The van der Waals surface area contributed by atoms with E-state index in [1.807, 2.05) is 0 Å². The summed E-state index contributed by atoms with van der Waals surface area (Å²) in [5.41, 5.74) is -1.24. The number of esters is 4. The molecule has 1 aliphatic rings. The van der Waals surface area contributed by atoms with Gasteiger partial charge in [-0.1, -0.05) is 54.6 Å². The Morgan fingerprint density at radius 2 is 1.20 bits per heavy atom. The zero-order valence-electron chi connectivity index (χ0n) is 18.8. The van der Waals surface area contributed by atoms with Crippen molar-refractivity contribution in [1.82, 2.24) is 0 Å². The number of hydrogen-bond donors (Lipinski definition) is 0. The number of carbonyl (C=O) groups excluding carboxylic acids is 4. The second kappa shape index (κ2) is 10.2. The highest BCUT2D eigenvalue weighted by atomic mass is 16.7. The van der Waals surface area contributed by atoms with E-state index in [4.69, 9.17) is 18.9 Å². The van der Waals surface area contributed by atoms with Gasteiger partial charge in [0.25, 0.3) is 0 Å². The maximum absolute atomic E-state index is 12.9. The summed E-state index contributed by atoms with van der Waals surface area (Å²) in [6.07, 6.45) is -2.57. The van der Waals surface area contributed by atoms with Gasteiger partial charge in [0.2, 0.25) is 5.60 Å². The molecule has 3 aromatic carbocycles. The fourth-order valence-corrected chi connectivity index (χ4v) is 3.60. The summed E-state index contributed by atoms with van der Waals surface area (Å²) in [6, 6.07) is 24.4. The number of ether oxygens (including phenoxy) is 4. The van der Waals surface area contributed by atoms with Crippen molar-refractivity contribution in [3.05, 3.63) is 108 Å². The van der Waals surface area contributed by atoms with Gasteiger partial charge in [-0.15, -0.1) is 0 Å². The molecular weight excluding hydrogens is 452 g/mol. The van der Waals surface area contributed by atoms with Crippen molar-refractivity contribution in [3.63, 3.8) is 0 Å². The molecule has 1 heterocycles. The summed E-state index contributed by atoms with van der Waals surface area (Å²) in [5.74, 6) is -3.12. The highest BCUT2D eigenvalue weighted by Gasteiger charge is 2.60. The Morgan fingerprint density at radius 3 is 1.71 bits per heavy atom. The summed E-state index contributed by atoms with van der Waals surface area (Å²) >= 11 is 0. The second-order valence-electron chi connectivity index (χ2n) is 7.96. The third-order valence-corrected chi connectivity index (χ3v) is 5.49. The zero-order valence-corrected chi connectivity index (χ0v) is 18.8. The van der Waals surface area contributed by atoms with Crippen LogP contribution in [0.15, 0.2) is 91.0 Å². The highest BCUT2D eigenvalue weighted by molar-refractivity contribution is 5.95. The van der Waals surface area contributed by atoms with E-state index in [1.165, 1.54) is 31.2 Å². The predicted octanol–water partition coefficient (Wildman–Crippen LogP) is 3.61. The first-order chi connectivity index (χ1) is 16.9. The molecule has 0 aromatic heterocycles. The van der Waals surface area contributed by atoms with Crippen molar-refractivity contribution in [2.24, 2.45) is 0 Å². The van der Waals surface area contributed by atoms with E-state index in [1.54, 1.807) is 66.7 Å². The minimum atomic E-state index is -1.97. The molecule has 4 rings (SSSR count). The third-order valence-electron chi connectivity index (χ3n) is 5.49. The number of rotatable bonds is 7. The summed E-state index contributed by atoms with van der Waals surface area (Å²) in [7, 11) is 0. The molecular formula is C27H22O8. The van der Waals surface area contributed by atoms with Gasteiger partial charge in [0.15, 0.2) is 12.2 Å². The molecule has 0 aliphatic carbocycles. The lowest BCUT2D eigenvalue weighted by molar-refractivity contribution is -0.156. The molecule has 0 spiro atoms. The van der Waals surface area contributed by atoms with Crippen LogP contribution in [0, 0.1) is 0 Å². The van der Waals surface area contributed by atoms with E-state index in [2.05, 4.69) is 0 Å². The third kappa shape index (κ3) is 5.22. The van der Waals surface area contributed by atoms with E-state index in [-0.39, 0.29) is 11.1 Å². The first-order valence-corrected chi connectivity index (χ1v) is 10.9. The quantitative estimate of drug-likeness (QED) is 0.378. The average molecular weight is 474 g/mol. The Hall–Kier alpha value is -4.46. The van der Waals surface area contributed by atoms with Gasteiger partial charge in [-0.25, -0.2) is 19.2 Å².